The summed E-state index contributed by atoms with van der Waals surface area (Å²) in [5.74, 6) is 0.1000. The van der Waals surface area contributed by atoms with Crippen LogP contribution in [-0.4, -0.2) is 47.7 Å². The standard InChI is InChI=1S/C21H24F2N2O6S/c1-3-30-19-14-15(4-10-18(19)31-21(22)23)5-11-20(26)24-12-13-25-32(27,28)17-8-6-16(29-2)7-9-17/h4-11,14,21,25H,3,12-13H2,1-2H3,(H,24,26)/b11-5+. The number of rotatable bonds is 12. The van der Waals surface area contributed by atoms with Crippen molar-refractivity contribution in [3.05, 3.63) is 54.1 Å². The molecule has 0 fully saturated rings. The molecule has 0 aliphatic carbocycles. The number of amides is 1. The number of hydrogen-bond acceptors (Lipinski definition) is 6. The Balaban J connectivity index is 1.86. The van der Waals surface area contributed by atoms with E-state index in [0.29, 0.717) is 11.3 Å². The van der Waals surface area contributed by atoms with Crippen molar-refractivity contribution in [3.8, 4) is 17.2 Å². The average molecular weight is 470 g/mol. The van der Waals surface area contributed by atoms with Crippen LogP contribution in [0.2, 0.25) is 0 Å². The number of nitrogens with one attached hydrogen (secondary N) is 2. The lowest BCUT2D eigenvalue weighted by Crippen LogP contribution is -2.34. The normalized spacial score (nSPS) is 11.5. The van der Waals surface area contributed by atoms with Crippen molar-refractivity contribution < 1.29 is 36.2 Å². The van der Waals surface area contributed by atoms with E-state index < -0.39 is 22.5 Å². The van der Waals surface area contributed by atoms with Crippen molar-refractivity contribution in [1.29, 1.82) is 0 Å². The van der Waals surface area contributed by atoms with Crippen LogP contribution in [0.5, 0.6) is 17.2 Å². The van der Waals surface area contributed by atoms with Gasteiger partial charge in [-0.15, -0.1) is 0 Å². The molecule has 0 aliphatic rings. The first-order chi connectivity index (χ1) is 15.2. The summed E-state index contributed by atoms with van der Waals surface area (Å²) >= 11 is 0. The number of sulfonamides is 1. The van der Waals surface area contributed by atoms with Gasteiger partial charge in [0.1, 0.15) is 5.75 Å². The first-order valence-corrected chi connectivity index (χ1v) is 11.0. The first-order valence-electron chi connectivity index (χ1n) is 9.56. The van der Waals surface area contributed by atoms with Gasteiger partial charge in [-0.05, 0) is 55.0 Å². The van der Waals surface area contributed by atoms with E-state index in [2.05, 4.69) is 14.8 Å². The van der Waals surface area contributed by atoms with Gasteiger partial charge in [0.2, 0.25) is 15.9 Å². The van der Waals surface area contributed by atoms with Crippen molar-refractivity contribution >= 4 is 22.0 Å². The zero-order valence-electron chi connectivity index (χ0n) is 17.5. The Morgan fingerprint density at radius 2 is 1.81 bits per heavy atom. The molecule has 2 aromatic carbocycles. The molecule has 0 unspecified atom stereocenters. The van der Waals surface area contributed by atoms with Crippen molar-refractivity contribution in [2.75, 3.05) is 26.8 Å². The average Bonchev–Trinajstić information content (AvgIpc) is 2.76. The number of carbonyl (C=O) groups is 1. The van der Waals surface area contributed by atoms with Crippen LogP contribution in [0.4, 0.5) is 8.78 Å². The van der Waals surface area contributed by atoms with E-state index in [1.807, 2.05) is 0 Å². The van der Waals surface area contributed by atoms with Gasteiger partial charge in [-0.1, -0.05) is 6.07 Å². The van der Waals surface area contributed by atoms with Gasteiger partial charge >= 0.3 is 6.61 Å². The van der Waals surface area contributed by atoms with E-state index >= 15 is 0 Å². The highest BCUT2D eigenvalue weighted by Crippen LogP contribution is 2.30. The third-order valence-electron chi connectivity index (χ3n) is 4.00. The van der Waals surface area contributed by atoms with Gasteiger partial charge in [0.25, 0.3) is 0 Å². The lowest BCUT2D eigenvalue weighted by atomic mass is 10.2. The summed E-state index contributed by atoms with van der Waals surface area (Å²) in [6.07, 6.45) is 2.70. The Morgan fingerprint density at radius 1 is 1.09 bits per heavy atom. The molecule has 0 radical (unpaired) electrons. The minimum Gasteiger partial charge on any atom is -0.497 e. The molecule has 11 heteroatoms. The maximum atomic E-state index is 12.5. The third-order valence-corrected chi connectivity index (χ3v) is 5.47. The number of benzene rings is 2. The molecule has 2 rings (SSSR count). The summed E-state index contributed by atoms with van der Waals surface area (Å²) in [5, 5.41) is 2.54. The number of hydrogen-bond donors (Lipinski definition) is 2. The summed E-state index contributed by atoms with van der Waals surface area (Å²) in [7, 11) is -2.24. The molecule has 0 heterocycles. The third kappa shape index (κ3) is 7.82. The van der Waals surface area contributed by atoms with Gasteiger partial charge in [-0.2, -0.15) is 8.78 Å². The largest absolute Gasteiger partial charge is 0.497 e. The van der Waals surface area contributed by atoms with Crippen molar-refractivity contribution in [2.45, 2.75) is 18.4 Å². The molecule has 2 aromatic rings. The second-order valence-electron chi connectivity index (χ2n) is 6.22. The van der Waals surface area contributed by atoms with Crippen LogP contribution < -0.4 is 24.2 Å². The molecule has 0 bridgehead atoms. The van der Waals surface area contributed by atoms with E-state index in [1.54, 1.807) is 6.92 Å². The van der Waals surface area contributed by atoms with Gasteiger partial charge in [0.05, 0.1) is 18.6 Å². The van der Waals surface area contributed by atoms with Crippen molar-refractivity contribution in [3.63, 3.8) is 0 Å². The smallest absolute Gasteiger partial charge is 0.387 e. The lowest BCUT2D eigenvalue weighted by molar-refractivity contribution is -0.116. The molecule has 0 aromatic heterocycles. The molecule has 2 N–H and O–H groups in total. The summed E-state index contributed by atoms with van der Waals surface area (Å²) < 4.78 is 66.4. The van der Waals surface area contributed by atoms with Crippen LogP contribution in [0, 0.1) is 0 Å². The molecule has 0 saturated carbocycles. The van der Waals surface area contributed by atoms with E-state index in [0.717, 1.165) is 0 Å². The molecule has 32 heavy (non-hydrogen) atoms. The molecule has 0 atom stereocenters. The monoisotopic (exact) mass is 470 g/mol. The fourth-order valence-corrected chi connectivity index (χ4v) is 3.56. The van der Waals surface area contributed by atoms with E-state index in [4.69, 9.17) is 9.47 Å². The van der Waals surface area contributed by atoms with Gasteiger partial charge in [-0.3, -0.25) is 4.79 Å². The van der Waals surface area contributed by atoms with Crippen LogP contribution in [0.25, 0.3) is 6.08 Å². The highest BCUT2D eigenvalue weighted by Gasteiger charge is 2.13. The quantitative estimate of drug-likeness (QED) is 0.365. The van der Waals surface area contributed by atoms with Crippen LogP contribution in [0.15, 0.2) is 53.4 Å². The Kier molecular flexibility index (Phi) is 9.41. The fraction of sp³-hybridized carbons (Fsp3) is 0.286. The summed E-state index contributed by atoms with van der Waals surface area (Å²) in [4.78, 5) is 12.0. The molecular weight excluding hydrogens is 446 g/mol. The second kappa shape index (κ2) is 12.0. The SMILES string of the molecule is CCOc1cc(/C=C/C(=O)NCCNS(=O)(=O)c2ccc(OC)cc2)ccc1OC(F)F. The topological polar surface area (TPSA) is 103 Å². The van der Waals surface area contributed by atoms with E-state index in [-0.39, 0.29) is 36.1 Å². The highest BCUT2D eigenvalue weighted by atomic mass is 32.2. The minimum absolute atomic E-state index is 0.0118. The zero-order valence-corrected chi connectivity index (χ0v) is 18.3. The Hall–Kier alpha value is -3.18. The van der Waals surface area contributed by atoms with Gasteiger partial charge in [0.15, 0.2) is 11.5 Å². The summed E-state index contributed by atoms with van der Waals surface area (Å²) in [6.45, 7) is -0.986. The van der Waals surface area contributed by atoms with Gasteiger partial charge < -0.3 is 19.5 Å². The number of carbonyl (C=O) groups excluding carboxylic acids is 1. The van der Waals surface area contributed by atoms with E-state index in [9.17, 15) is 22.0 Å². The number of methoxy groups -OCH3 is 1. The summed E-state index contributed by atoms with van der Waals surface area (Å²) in [5.41, 5.74) is 0.533. The second-order valence-corrected chi connectivity index (χ2v) is 7.98. The Labute approximate surface area is 185 Å². The zero-order chi connectivity index (χ0) is 23.6. The van der Waals surface area contributed by atoms with Crippen molar-refractivity contribution in [2.24, 2.45) is 0 Å². The van der Waals surface area contributed by atoms with Crippen LogP contribution >= 0.6 is 0 Å². The van der Waals surface area contributed by atoms with Crippen LogP contribution in [-0.2, 0) is 14.8 Å². The molecule has 174 valence electrons. The summed E-state index contributed by atoms with van der Waals surface area (Å²) in [6, 6.07) is 10.2. The van der Waals surface area contributed by atoms with Gasteiger partial charge in [0, 0.05) is 19.2 Å². The molecule has 1 amide bonds. The first kappa shape index (κ1) is 25.1. The molecule has 0 saturated heterocycles. The molecule has 8 nitrogen and oxygen atoms in total. The molecular formula is C21H24F2N2O6S. The predicted octanol–water partition coefficient (Wildman–Crippen LogP) is 2.80. The van der Waals surface area contributed by atoms with Crippen LogP contribution in [0.3, 0.4) is 0 Å². The minimum atomic E-state index is -3.72. The van der Waals surface area contributed by atoms with Crippen molar-refractivity contribution in [1.82, 2.24) is 10.0 Å². The Bertz CT molecular complexity index is 1030. The number of alkyl halides is 2. The fourth-order valence-electron chi connectivity index (χ4n) is 2.53. The van der Waals surface area contributed by atoms with Gasteiger partial charge in [-0.25, -0.2) is 13.1 Å². The maximum Gasteiger partial charge on any atom is 0.387 e. The van der Waals surface area contributed by atoms with Crippen LogP contribution in [0.1, 0.15) is 12.5 Å². The maximum absolute atomic E-state index is 12.5. The molecule has 0 aliphatic heterocycles. The Morgan fingerprint density at radius 3 is 2.44 bits per heavy atom. The lowest BCUT2D eigenvalue weighted by Gasteiger charge is -2.11. The van der Waals surface area contributed by atoms with E-state index in [1.165, 1.54) is 61.7 Å². The number of halogens is 2. The highest BCUT2D eigenvalue weighted by molar-refractivity contribution is 7.89. The number of ether oxygens (including phenoxy) is 3. The predicted molar refractivity (Wildman–Crippen MR) is 114 cm³/mol. The molecule has 0 spiro atoms.